The average molecular weight is 241 g/mol. The van der Waals surface area contributed by atoms with Crippen LogP contribution in [0.5, 0.6) is 0 Å². The van der Waals surface area contributed by atoms with Crippen LogP contribution in [0.4, 0.5) is 0 Å². The Kier molecular flexibility index (Phi) is 4.81. The molecule has 88 valence electrons. The van der Waals surface area contributed by atoms with Gasteiger partial charge < -0.3 is 4.74 Å². The van der Waals surface area contributed by atoms with Crippen molar-refractivity contribution >= 4 is 17.6 Å². The first-order valence-corrected chi connectivity index (χ1v) is 5.86. The minimum Gasteiger partial charge on any atom is -0.459 e. The zero-order valence-corrected chi connectivity index (χ0v) is 10.7. The maximum Gasteiger partial charge on any atom is 0.338 e. The van der Waals surface area contributed by atoms with Crippen LogP contribution in [0.2, 0.25) is 0 Å². The lowest BCUT2D eigenvalue weighted by molar-refractivity contribution is -0.144. The van der Waals surface area contributed by atoms with Gasteiger partial charge in [0.1, 0.15) is 6.10 Å². The van der Waals surface area contributed by atoms with Crippen LogP contribution in [0.25, 0.3) is 0 Å². The number of rotatable bonds is 3. The molecule has 3 heteroatoms. The summed E-state index contributed by atoms with van der Waals surface area (Å²) in [6.45, 7) is 5.86. The van der Waals surface area contributed by atoms with Gasteiger partial charge in [-0.05, 0) is 32.4 Å². The molecule has 0 amide bonds. The van der Waals surface area contributed by atoms with E-state index in [0.29, 0.717) is 10.6 Å². The van der Waals surface area contributed by atoms with E-state index in [1.807, 2.05) is 26.8 Å². The van der Waals surface area contributed by atoms with Gasteiger partial charge in [-0.3, -0.25) is 0 Å². The van der Waals surface area contributed by atoms with Gasteiger partial charge in [0.2, 0.25) is 0 Å². The number of halogens is 1. The fourth-order valence-corrected chi connectivity index (χ4v) is 1.86. The zero-order valence-electron chi connectivity index (χ0n) is 9.92. The van der Waals surface area contributed by atoms with E-state index in [1.54, 1.807) is 12.2 Å². The average Bonchev–Trinajstić information content (AvgIpc) is 2.16. The van der Waals surface area contributed by atoms with Crippen LogP contribution in [-0.4, -0.2) is 12.1 Å². The lowest BCUT2D eigenvalue weighted by Crippen LogP contribution is -2.22. The molecule has 0 saturated carbocycles. The summed E-state index contributed by atoms with van der Waals surface area (Å²) < 4.78 is 5.15. The monoisotopic (exact) mass is 240 g/mol. The van der Waals surface area contributed by atoms with Crippen LogP contribution in [0.3, 0.4) is 0 Å². The third-order valence-corrected chi connectivity index (χ3v) is 2.67. The standard InChI is InChI=1S/C13H17ClO2/c1-4-5-11(14)6-7-12-9(2)8-10(3)16-13(12)15/h5-7,10H,4,8H2,1-3H3/b7-6-,11-5-. The fourth-order valence-electron chi connectivity index (χ4n) is 1.64. The molecule has 0 radical (unpaired) electrons. The number of carbonyl (C=O) groups excluding carboxylic acids is 1. The van der Waals surface area contributed by atoms with Crippen molar-refractivity contribution in [2.45, 2.75) is 39.7 Å². The predicted octanol–water partition coefficient (Wildman–Crippen LogP) is 3.73. The van der Waals surface area contributed by atoms with Crippen molar-refractivity contribution in [2.24, 2.45) is 0 Å². The van der Waals surface area contributed by atoms with Gasteiger partial charge in [0.15, 0.2) is 0 Å². The third-order valence-electron chi connectivity index (χ3n) is 2.39. The maximum absolute atomic E-state index is 11.6. The van der Waals surface area contributed by atoms with Gasteiger partial charge >= 0.3 is 5.97 Å². The topological polar surface area (TPSA) is 26.3 Å². The van der Waals surface area contributed by atoms with Gasteiger partial charge in [-0.25, -0.2) is 4.79 Å². The molecule has 1 heterocycles. The summed E-state index contributed by atoms with van der Waals surface area (Å²) in [6, 6.07) is 0. The van der Waals surface area contributed by atoms with Crippen molar-refractivity contribution in [1.82, 2.24) is 0 Å². The highest BCUT2D eigenvalue weighted by Crippen LogP contribution is 2.22. The summed E-state index contributed by atoms with van der Waals surface area (Å²) in [7, 11) is 0. The summed E-state index contributed by atoms with van der Waals surface area (Å²) in [5.41, 5.74) is 1.68. The van der Waals surface area contributed by atoms with Crippen molar-refractivity contribution < 1.29 is 9.53 Å². The number of ether oxygens (including phenoxy) is 1. The van der Waals surface area contributed by atoms with E-state index >= 15 is 0 Å². The molecule has 1 atom stereocenters. The van der Waals surface area contributed by atoms with Crippen LogP contribution in [0, 0.1) is 0 Å². The van der Waals surface area contributed by atoms with E-state index in [0.717, 1.165) is 18.4 Å². The lowest BCUT2D eigenvalue weighted by atomic mass is 10.0. The Morgan fingerprint density at radius 3 is 2.88 bits per heavy atom. The highest BCUT2D eigenvalue weighted by molar-refractivity contribution is 6.31. The van der Waals surface area contributed by atoms with Crippen LogP contribution >= 0.6 is 11.6 Å². The number of hydrogen-bond acceptors (Lipinski definition) is 2. The summed E-state index contributed by atoms with van der Waals surface area (Å²) in [5, 5.41) is 0.647. The van der Waals surface area contributed by atoms with Gasteiger partial charge in [-0.1, -0.05) is 30.2 Å². The Balaban J connectivity index is 2.84. The van der Waals surface area contributed by atoms with E-state index in [1.165, 1.54) is 0 Å². The molecular weight excluding hydrogens is 224 g/mol. The van der Waals surface area contributed by atoms with E-state index in [4.69, 9.17) is 16.3 Å². The fraction of sp³-hybridized carbons (Fsp3) is 0.462. The van der Waals surface area contributed by atoms with Crippen molar-refractivity contribution in [1.29, 1.82) is 0 Å². The molecule has 0 fully saturated rings. The van der Waals surface area contributed by atoms with E-state index in [9.17, 15) is 4.79 Å². The molecule has 16 heavy (non-hydrogen) atoms. The zero-order chi connectivity index (χ0) is 12.1. The van der Waals surface area contributed by atoms with Crippen LogP contribution in [0.15, 0.2) is 34.4 Å². The number of cyclic esters (lactones) is 1. The van der Waals surface area contributed by atoms with Crippen molar-refractivity contribution in [2.75, 3.05) is 0 Å². The molecular formula is C13H17ClO2. The van der Waals surface area contributed by atoms with E-state index in [-0.39, 0.29) is 12.1 Å². The van der Waals surface area contributed by atoms with Crippen LogP contribution < -0.4 is 0 Å². The number of esters is 1. The largest absolute Gasteiger partial charge is 0.459 e. The van der Waals surface area contributed by atoms with Gasteiger partial charge in [-0.2, -0.15) is 0 Å². The van der Waals surface area contributed by atoms with Gasteiger partial charge in [0, 0.05) is 11.5 Å². The summed E-state index contributed by atoms with van der Waals surface area (Å²) in [4.78, 5) is 11.6. The quantitative estimate of drug-likeness (QED) is 0.555. The molecule has 0 saturated heterocycles. The smallest absolute Gasteiger partial charge is 0.338 e. The van der Waals surface area contributed by atoms with E-state index < -0.39 is 0 Å². The normalized spacial score (nSPS) is 22.9. The Labute approximate surface area is 102 Å². The SMILES string of the molecule is CC/C=C(Cl)/C=C\C1=C(C)CC(C)OC1=O. The predicted molar refractivity (Wildman–Crippen MR) is 66.2 cm³/mol. The summed E-state index contributed by atoms with van der Waals surface area (Å²) in [6.07, 6.45) is 7.01. The Morgan fingerprint density at radius 1 is 1.62 bits per heavy atom. The number of carbonyl (C=O) groups is 1. The molecule has 1 aliphatic rings. The number of allylic oxidation sites excluding steroid dienone is 3. The first kappa shape index (κ1) is 13.0. The second kappa shape index (κ2) is 5.90. The van der Waals surface area contributed by atoms with Gasteiger partial charge in [0.05, 0.1) is 5.57 Å². The molecule has 0 N–H and O–H groups in total. The first-order valence-electron chi connectivity index (χ1n) is 5.49. The van der Waals surface area contributed by atoms with Crippen molar-refractivity contribution in [3.05, 3.63) is 34.4 Å². The summed E-state index contributed by atoms with van der Waals surface area (Å²) in [5.74, 6) is -0.256. The molecule has 0 aromatic carbocycles. The molecule has 2 nitrogen and oxygen atoms in total. The van der Waals surface area contributed by atoms with Crippen molar-refractivity contribution in [3.8, 4) is 0 Å². The molecule has 0 bridgehead atoms. The summed E-state index contributed by atoms with van der Waals surface area (Å²) >= 11 is 5.92. The molecule has 0 aromatic rings. The van der Waals surface area contributed by atoms with Gasteiger partial charge in [-0.15, -0.1) is 0 Å². The Hall–Kier alpha value is -1.02. The second-order valence-corrected chi connectivity index (χ2v) is 4.38. The Bertz CT molecular complexity index is 364. The third kappa shape index (κ3) is 3.53. The number of hydrogen-bond donors (Lipinski definition) is 0. The maximum atomic E-state index is 11.6. The van der Waals surface area contributed by atoms with E-state index in [2.05, 4.69) is 0 Å². The molecule has 0 aromatic heterocycles. The highest BCUT2D eigenvalue weighted by Gasteiger charge is 2.21. The van der Waals surface area contributed by atoms with Gasteiger partial charge in [0.25, 0.3) is 0 Å². The van der Waals surface area contributed by atoms with Crippen LogP contribution in [-0.2, 0) is 9.53 Å². The first-order chi connectivity index (χ1) is 7.54. The molecule has 0 aliphatic carbocycles. The highest BCUT2D eigenvalue weighted by atomic mass is 35.5. The minimum absolute atomic E-state index is 0.0219. The van der Waals surface area contributed by atoms with Crippen LogP contribution in [0.1, 0.15) is 33.6 Å². The molecule has 1 rings (SSSR count). The second-order valence-electron chi connectivity index (χ2n) is 3.94. The minimum atomic E-state index is -0.256. The Morgan fingerprint density at radius 2 is 2.31 bits per heavy atom. The van der Waals surface area contributed by atoms with Crippen molar-refractivity contribution in [3.63, 3.8) is 0 Å². The lowest BCUT2D eigenvalue weighted by Gasteiger charge is -2.21. The molecule has 1 aliphatic heterocycles. The molecule has 1 unspecified atom stereocenters. The molecule has 0 spiro atoms.